The second-order valence-corrected chi connectivity index (χ2v) is 12.0. The van der Waals surface area contributed by atoms with Gasteiger partial charge in [-0.25, -0.2) is 0 Å². The van der Waals surface area contributed by atoms with Crippen LogP contribution in [0.25, 0.3) is 0 Å². The lowest BCUT2D eigenvalue weighted by molar-refractivity contribution is -0.147. The highest BCUT2D eigenvalue weighted by Gasteiger charge is 2.64. The van der Waals surface area contributed by atoms with Gasteiger partial charge in [-0.05, 0) is 99.5 Å². The third-order valence-electron chi connectivity index (χ3n) is 10.7. The fraction of sp³-hybridized carbons (Fsp3) is 0.750. The highest BCUT2D eigenvalue weighted by molar-refractivity contribution is 5.83. The van der Waals surface area contributed by atoms with E-state index in [-0.39, 0.29) is 11.2 Å². The number of fused-ring (bicyclic) bond motifs is 5. The van der Waals surface area contributed by atoms with Crippen LogP contribution >= 0.6 is 0 Å². The molecule has 4 aliphatic rings. The summed E-state index contributed by atoms with van der Waals surface area (Å²) >= 11 is 0. The average Bonchev–Trinajstić information content (AvgIpc) is 3.01. The molecule has 4 fully saturated rings. The summed E-state index contributed by atoms with van der Waals surface area (Å²) in [6, 6.07) is 5.58. The summed E-state index contributed by atoms with van der Waals surface area (Å²) in [5, 5.41) is 22.0. The van der Waals surface area contributed by atoms with E-state index >= 15 is 0 Å². The number of aryl methyl sites for hydroxylation is 1. The Morgan fingerprint density at radius 2 is 1.81 bits per heavy atom. The minimum absolute atomic E-state index is 0.0297. The van der Waals surface area contributed by atoms with Crippen molar-refractivity contribution < 1.29 is 10.2 Å². The molecule has 3 nitrogen and oxygen atoms in total. The van der Waals surface area contributed by atoms with Gasteiger partial charge in [-0.2, -0.15) is 0 Å². The second kappa shape index (κ2) is 7.61. The van der Waals surface area contributed by atoms with E-state index in [1.807, 2.05) is 19.1 Å². The summed E-state index contributed by atoms with van der Waals surface area (Å²) in [6.07, 6.45) is 14.7. The first-order valence-electron chi connectivity index (χ1n) is 12.8. The zero-order chi connectivity index (χ0) is 21.9. The van der Waals surface area contributed by atoms with Crippen molar-refractivity contribution in [3.05, 3.63) is 29.3 Å². The Morgan fingerprint density at radius 1 is 1.00 bits per heavy atom. The Kier molecular flexibility index (Phi) is 5.28. The minimum atomic E-state index is -0.719. The van der Waals surface area contributed by atoms with E-state index in [1.54, 1.807) is 12.3 Å². The number of nitrogens with zero attached hydrogens (tertiary/aromatic N) is 1. The van der Waals surface area contributed by atoms with Crippen molar-refractivity contribution in [2.45, 2.75) is 90.6 Å². The van der Waals surface area contributed by atoms with E-state index in [0.717, 1.165) is 48.1 Å². The summed E-state index contributed by atoms with van der Waals surface area (Å²) in [6.45, 7) is 7.46. The van der Waals surface area contributed by atoms with Crippen LogP contribution in [0.2, 0.25) is 0 Å². The smallest absolute Gasteiger partial charge is 0.124 e. The first-order chi connectivity index (χ1) is 14.8. The van der Waals surface area contributed by atoms with Crippen LogP contribution in [0.3, 0.4) is 0 Å². The summed E-state index contributed by atoms with van der Waals surface area (Å²) in [7, 11) is 0. The number of hydrogen-bond acceptors (Lipinski definition) is 3. The van der Waals surface area contributed by atoms with E-state index in [0.29, 0.717) is 17.9 Å². The van der Waals surface area contributed by atoms with E-state index in [2.05, 4.69) is 18.8 Å². The number of aliphatic imine (C=N–C) groups is 1. The zero-order valence-corrected chi connectivity index (χ0v) is 19.7. The molecule has 170 valence electrons. The van der Waals surface area contributed by atoms with Crippen molar-refractivity contribution in [2.75, 3.05) is 6.54 Å². The first-order valence-corrected chi connectivity index (χ1v) is 12.8. The van der Waals surface area contributed by atoms with Gasteiger partial charge in [0.05, 0.1) is 12.1 Å². The van der Waals surface area contributed by atoms with Crippen molar-refractivity contribution >= 4 is 6.21 Å². The number of rotatable bonds is 3. The molecule has 5 rings (SSSR count). The number of hydrogen-bond donors (Lipinski definition) is 2. The topological polar surface area (TPSA) is 52.8 Å². The van der Waals surface area contributed by atoms with Gasteiger partial charge in [0.15, 0.2) is 0 Å². The van der Waals surface area contributed by atoms with Gasteiger partial charge >= 0.3 is 0 Å². The molecule has 0 heterocycles. The number of benzene rings is 1. The van der Waals surface area contributed by atoms with Crippen LogP contribution in [0, 0.1) is 41.4 Å². The van der Waals surface area contributed by atoms with Gasteiger partial charge in [0.2, 0.25) is 0 Å². The lowest BCUT2D eigenvalue weighted by Gasteiger charge is -2.61. The van der Waals surface area contributed by atoms with Gasteiger partial charge in [-0.1, -0.05) is 38.3 Å². The molecule has 3 heteroatoms. The maximum Gasteiger partial charge on any atom is 0.124 e. The van der Waals surface area contributed by atoms with Crippen LogP contribution in [-0.2, 0) is 0 Å². The van der Waals surface area contributed by atoms with Gasteiger partial charge in [0, 0.05) is 17.2 Å². The predicted octanol–water partition coefficient (Wildman–Crippen LogP) is 6.28. The van der Waals surface area contributed by atoms with Crippen LogP contribution in [0.15, 0.2) is 23.2 Å². The molecule has 7 atom stereocenters. The van der Waals surface area contributed by atoms with E-state index < -0.39 is 5.60 Å². The lowest BCUT2D eigenvalue weighted by atomic mass is 9.44. The van der Waals surface area contributed by atoms with Gasteiger partial charge < -0.3 is 10.2 Å². The third kappa shape index (κ3) is 3.29. The Labute approximate surface area is 188 Å². The largest absolute Gasteiger partial charge is 0.507 e. The molecular formula is C28H41NO2. The molecule has 1 aromatic rings. The van der Waals surface area contributed by atoms with E-state index in [9.17, 15) is 10.2 Å². The van der Waals surface area contributed by atoms with Crippen LogP contribution in [-0.4, -0.2) is 28.6 Å². The van der Waals surface area contributed by atoms with Crippen molar-refractivity contribution in [1.29, 1.82) is 0 Å². The quantitative estimate of drug-likeness (QED) is 0.562. The van der Waals surface area contributed by atoms with Crippen molar-refractivity contribution in [3.8, 4) is 5.75 Å². The van der Waals surface area contributed by atoms with Crippen LogP contribution in [0.4, 0.5) is 0 Å². The molecule has 2 N–H and O–H groups in total. The van der Waals surface area contributed by atoms with Gasteiger partial charge in [-0.15, -0.1) is 0 Å². The molecule has 0 saturated heterocycles. The molecule has 0 radical (unpaired) electrons. The zero-order valence-electron chi connectivity index (χ0n) is 19.7. The van der Waals surface area contributed by atoms with Gasteiger partial charge in [-0.3, -0.25) is 4.99 Å². The lowest BCUT2D eigenvalue weighted by Crippen LogP contribution is -2.56. The molecule has 0 aromatic heterocycles. The molecule has 4 saturated carbocycles. The number of aromatic hydroxyl groups is 1. The van der Waals surface area contributed by atoms with Gasteiger partial charge in [0.25, 0.3) is 0 Å². The predicted molar refractivity (Wildman–Crippen MR) is 127 cm³/mol. The highest BCUT2D eigenvalue weighted by Crippen LogP contribution is 2.68. The third-order valence-corrected chi connectivity index (χ3v) is 10.7. The Balaban J connectivity index is 1.35. The number of aliphatic hydroxyl groups is 1. The van der Waals surface area contributed by atoms with Crippen LogP contribution < -0.4 is 0 Å². The molecule has 0 unspecified atom stereocenters. The molecule has 31 heavy (non-hydrogen) atoms. The highest BCUT2D eigenvalue weighted by atomic mass is 16.3. The molecule has 0 amide bonds. The van der Waals surface area contributed by atoms with Crippen molar-refractivity contribution in [2.24, 2.45) is 39.5 Å². The molecular weight excluding hydrogens is 382 g/mol. The van der Waals surface area contributed by atoms with Crippen molar-refractivity contribution in [3.63, 3.8) is 0 Å². The van der Waals surface area contributed by atoms with E-state index in [4.69, 9.17) is 0 Å². The van der Waals surface area contributed by atoms with Crippen LogP contribution in [0.5, 0.6) is 5.75 Å². The molecule has 0 aliphatic heterocycles. The minimum Gasteiger partial charge on any atom is -0.507 e. The Morgan fingerprint density at radius 3 is 2.65 bits per heavy atom. The maximum atomic E-state index is 11.9. The van der Waals surface area contributed by atoms with Crippen molar-refractivity contribution in [1.82, 2.24) is 0 Å². The molecule has 0 spiro atoms. The maximum absolute atomic E-state index is 11.9. The number of phenolic OH excluding ortho intramolecular Hbond substituents is 1. The SMILES string of the molecule is Cc1ccc(O)c(C=NC[C@]2(O)CC[C@H]3[C@@H]4CC[C@@H]5CCCC[C@]5(C)[C@H]4CC[C@@]32C)c1. The summed E-state index contributed by atoms with van der Waals surface area (Å²) < 4.78 is 0. The second-order valence-electron chi connectivity index (χ2n) is 12.0. The van der Waals surface area contributed by atoms with E-state index in [1.165, 1.54) is 44.9 Å². The molecule has 0 bridgehead atoms. The number of phenols is 1. The normalized spacial score (nSPS) is 44.6. The fourth-order valence-electron chi connectivity index (χ4n) is 8.74. The average molecular weight is 424 g/mol. The monoisotopic (exact) mass is 423 g/mol. The summed E-state index contributed by atoms with van der Waals surface area (Å²) in [5.41, 5.74) is 1.65. The molecule has 4 aliphatic carbocycles. The summed E-state index contributed by atoms with van der Waals surface area (Å²) in [4.78, 5) is 4.68. The first kappa shape index (κ1) is 21.5. The Bertz CT molecular complexity index is 865. The fourth-order valence-corrected chi connectivity index (χ4v) is 8.74. The Hall–Kier alpha value is -1.35. The molecule has 1 aromatic carbocycles. The standard InChI is InChI=1S/C28H41NO2/c1-19-7-10-25(30)20(16-19)17-29-18-28(31)15-12-24-22-9-8-21-6-4-5-13-26(21,2)23(22)11-14-27(24,28)3/h7,10,16-17,21-24,30-31H,4-6,8-9,11-15,18H2,1-3H3/t21-,22+,23-,24-,26-,27-,28+/m0/s1. The summed E-state index contributed by atoms with van der Waals surface area (Å²) in [5.74, 6) is 3.49. The van der Waals surface area contributed by atoms with Gasteiger partial charge in [0.1, 0.15) is 5.75 Å². The van der Waals surface area contributed by atoms with Crippen LogP contribution in [0.1, 0.15) is 89.2 Å².